The second kappa shape index (κ2) is 9.06. The highest BCUT2D eigenvalue weighted by molar-refractivity contribution is 5.79. The number of ether oxygens (including phenoxy) is 4. The standard InChI is InChI=1S/C26H29NO5/c1-29-25(30-2)13-17-11-18-14-31-15-19(12-17)27(18)26(28)32-16-24-22-9-5-3-7-20(22)21-8-4-6-10-23(21)24/h3-11,18-19,24-25H,12-16H2,1-2H3. The molecule has 2 atom stereocenters. The Balaban J connectivity index is 1.30. The third kappa shape index (κ3) is 3.83. The third-order valence-electron chi connectivity index (χ3n) is 6.78. The van der Waals surface area contributed by atoms with Gasteiger partial charge in [-0.2, -0.15) is 0 Å². The van der Waals surface area contributed by atoms with E-state index in [1.807, 2.05) is 17.0 Å². The molecule has 6 heteroatoms. The van der Waals surface area contributed by atoms with Crippen molar-refractivity contribution in [3.05, 3.63) is 71.3 Å². The van der Waals surface area contributed by atoms with Gasteiger partial charge >= 0.3 is 6.09 Å². The Kier molecular flexibility index (Phi) is 6.00. The van der Waals surface area contributed by atoms with Gasteiger partial charge in [0.2, 0.25) is 0 Å². The minimum absolute atomic E-state index is 0.0289. The minimum atomic E-state index is -0.274. The molecule has 0 aromatic heterocycles. The zero-order chi connectivity index (χ0) is 22.1. The van der Waals surface area contributed by atoms with Crippen LogP contribution >= 0.6 is 0 Å². The molecular formula is C26H29NO5. The molecule has 32 heavy (non-hydrogen) atoms. The summed E-state index contributed by atoms with van der Waals surface area (Å²) in [5, 5.41) is 0. The van der Waals surface area contributed by atoms with Crippen molar-refractivity contribution in [2.24, 2.45) is 0 Å². The fourth-order valence-electron chi connectivity index (χ4n) is 5.27. The first-order chi connectivity index (χ1) is 15.7. The first-order valence-corrected chi connectivity index (χ1v) is 11.2. The zero-order valence-electron chi connectivity index (χ0n) is 18.5. The number of carbonyl (C=O) groups excluding carboxylic acids is 1. The number of morpholine rings is 1. The fourth-order valence-corrected chi connectivity index (χ4v) is 5.27. The first kappa shape index (κ1) is 21.2. The van der Waals surface area contributed by atoms with Crippen molar-refractivity contribution in [2.45, 2.75) is 37.1 Å². The molecule has 5 rings (SSSR count). The van der Waals surface area contributed by atoms with Crippen molar-refractivity contribution in [1.82, 2.24) is 4.90 Å². The molecule has 1 aliphatic carbocycles. The largest absolute Gasteiger partial charge is 0.448 e. The maximum absolute atomic E-state index is 13.2. The van der Waals surface area contributed by atoms with E-state index in [0.29, 0.717) is 26.2 Å². The molecule has 2 heterocycles. The van der Waals surface area contributed by atoms with Gasteiger partial charge in [0.15, 0.2) is 6.29 Å². The van der Waals surface area contributed by atoms with Gasteiger partial charge in [-0.1, -0.05) is 60.2 Å². The molecule has 2 aliphatic heterocycles. The van der Waals surface area contributed by atoms with Crippen LogP contribution in [-0.2, 0) is 18.9 Å². The summed E-state index contributed by atoms with van der Waals surface area (Å²) in [4.78, 5) is 15.1. The lowest BCUT2D eigenvalue weighted by molar-refractivity contribution is -0.102. The summed E-state index contributed by atoms with van der Waals surface area (Å²) in [5.74, 6) is 0.0579. The van der Waals surface area contributed by atoms with E-state index in [0.717, 1.165) is 6.42 Å². The van der Waals surface area contributed by atoms with E-state index in [2.05, 4.69) is 42.5 Å². The van der Waals surface area contributed by atoms with Gasteiger partial charge in [-0.25, -0.2) is 4.79 Å². The Morgan fingerprint density at radius 3 is 2.31 bits per heavy atom. The summed E-state index contributed by atoms with van der Waals surface area (Å²) in [5.41, 5.74) is 6.13. The van der Waals surface area contributed by atoms with Crippen LogP contribution in [0.1, 0.15) is 29.9 Å². The van der Waals surface area contributed by atoms with E-state index in [9.17, 15) is 4.79 Å². The average molecular weight is 436 g/mol. The van der Waals surface area contributed by atoms with Crippen molar-refractivity contribution < 1.29 is 23.7 Å². The van der Waals surface area contributed by atoms with Gasteiger partial charge in [0.1, 0.15) is 6.61 Å². The Labute approximate surface area is 188 Å². The van der Waals surface area contributed by atoms with Gasteiger partial charge in [-0.15, -0.1) is 0 Å². The molecule has 1 saturated heterocycles. The van der Waals surface area contributed by atoms with E-state index in [4.69, 9.17) is 18.9 Å². The smallest absolute Gasteiger partial charge is 0.410 e. The molecule has 1 amide bonds. The van der Waals surface area contributed by atoms with Gasteiger partial charge < -0.3 is 18.9 Å². The Morgan fingerprint density at radius 1 is 1.03 bits per heavy atom. The quantitative estimate of drug-likeness (QED) is 0.499. The predicted octanol–water partition coefficient (Wildman–Crippen LogP) is 4.34. The molecule has 0 spiro atoms. The number of nitrogens with zero attached hydrogens (tertiary/aromatic N) is 1. The maximum Gasteiger partial charge on any atom is 0.410 e. The topological polar surface area (TPSA) is 57.2 Å². The number of rotatable bonds is 6. The maximum atomic E-state index is 13.2. The number of benzene rings is 2. The van der Waals surface area contributed by atoms with E-state index in [1.165, 1.54) is 27.8 Å². The number of amides is 1. The van der Waals surface area contributed by atoms with Crippen LogP contribution in [-0.4, -0.2) is 63.4 Å². The second-order valence-corrected chi connectivity index (χ2v) is 8.60. The Morgan fingerprint density at radius 2 is 1.69 bits per heavy atom. The molecule has 1 fully saturated rings. The normalized spacial score (nSPS) is 21.8. The van der Waals surface area contributed by atoms with Gasteiger partial charge in [0.05, 0.1) is 25.3 Å². The summed E-state index contributed by atoms with van der Waals surface area (Å²) in [7, 11) is 3.29. The SMILES string of the molecule is COC(CC1=CC2COCC(C1)N2C(=O)OCC1c2ccccc2-c2ccccc21)OC. The fraction of sp³-hybridized carbons (Fsp3) is 0.423. The second-order valence-electron chi connectivity index (χ2n) is 8.60. The van der Waals surface area contributed by atoms with E-state index in [1.54, 1.807) is 14.2 Å². The lowest BCUT2D eigenvalue weighted by Gasteiger charge is -2.44. The predicted molar refractivity (Wildman–Crippen MR) is 120 cm³/mol. The Bertz CT molecular complexity index is 969. The summed E-state index contributed by atoms with van der Waals surface area (Å²) < 4.78 is 22.4. The van der Waals surface area contributed by atoms with Crippen LogP contribution in [0.15, 0.2) is 60.2 Å². The van der Waals surface area contributed by atoms with Crippen LogP contribution < -0.4 is 0 Å². The number of hydrogen-bond donors (Lipinski definition) is 0. The Hall–Kier alpha value is -2.67. The molecule has 0 radical (unpaired) electrons. The van der Waals surface area contributed by atoms with Gasteiger partial charge in [0, 0.05) is 26.6 Å². The highest BCUT2D eigenvalue weighted by Gasteiger charge is 2.40. The minimum Gasteiger partial charge on any atom is -0.448 e. The first-order valence-electron chi connectivity index (χ1n) is 11.2. The van der Waals surface area contributed by atoms with Crippen LogP contribution in [0.5, 0.6) is 0 Å². The lowest BCUT2D eigenvalue weighted by atomic mass is 9.92. The highest BCUT2D eigenvalue weighted by atomic mass is 16.7. The van der Waals surface area contributed by atoms with Crippen molar-refractivity contribution in [3.63, 3.8) is 0 Å². The van der Waals surface area contributed by atoms with E-state index < -0.39 is 0 Å². The molecular weight excluding hydrogens is 406 g/mol. The lowest BCUT2D eigenvalue weighted by Crippen LogP contribution is -2.56. The molecule has 2 aromatic carbocycles. The van der Waals surface area contributed by atoms with Crippen LogP contribution in [0.25, 0.3) is 11.1 Å². The number of fused-ring (bicyclic) bond motifs is 5. The number of carbonyl (C=O) groups is 1. The molecule has 2 unspecified atom stereocenters. The molecule has 0 saturated carbocycles. The highest BCUT2D eigenvalue weighted by Crippen LogP contribution is 2.44. The van der Waals surface area contributed by atoms with Crippen molar-refractivity contribution in [2.75, 3.05) is 34.0 Å². The van der Waals surface area contributed by atoms with Crippen LogP contribution in [0.3, 0.4) is 0 Å². The average Bonchev–Trinajstić information content (AvgIpc) is 3.14. The van der Waals surface area contributed by atoms with Gasteiger partial charge in [-0.05, 0) is 28.7 Å². The summed E-state index contributed by atoms with van der Waals surface area (Å²) in [6.45, 7) is 1.33. The molecule has 2 aromatic rings. The molecule has 0 N–H and O–H groups in total. The van der Waals surface area contributed by atoms with Crippen LogP contribution in [0, 0.1) is 0 Å². The third-order valence-corrected chi connectivity index (χ3v) is 6.78. The number of hydrogen-bond acceptors (Lipinski definition) is 5. The van der Waals surface area contributed by atoms with Crippen molar-refractivity contribution in [3.8, 4) is 11.1 Å². The molecule has 168 valence electrons. The van der Waals surface area contributed by atoms with Gasteiger partial charge in [0.25, 0.3) is 0 Å². The summed E-state index contributed by atoms with van der Waals surface area (Å²) in [6, 6.07) is 16.6. The van der Waals surface area contributed by atoms with Crippen molar-refractivity contribution >= 4 is 6.09 Å². The van der Waals surface area contributed by atoms with Gasteiger partial charge in [-0.3, -0.25) is 4.90 Å². The summed E-state index contributed by atoms with van der Waals surface area (Å²) >= 11 is 0. The molecule has 3 aliphatic rings. The zero-order valence-corrected chi connectivity index (χ0v) is 18.5. The summed E-state index contributed by atoms with van der Waals surface area (Å²) in [6.07, 6.45) is 3.00. The van der Waals surface area contributed by atoms with Crippen molar-refractivity contribution in [1.29, 1.82) is 0 Å². The van der Waals surface area contributed by atoms with Crippen LogP contribution in [0.2, 0.25) is 0 Å². The monoisotopic (exact) mass is 435 g/mol. The molecule has 6 nitrogen and oxygen atoms in total. The number of methoxy groups -OCH3 is 2. The molecule has 2 bridgehead atoms. The van der Waals surface area contributed by atoms with Crippen LogP contribution in [0.4, 0.5) is 4.79 Å². The van der Waals surface area contributed by atoms with E-state index >= 15 is 0 Å². The van der Waals surface area contributed by atoms with E-state index in [-0.39, 0.29) is 30.4 Å².